The van der Waals surface area contributed by atoms with Crippen LogP contribution in [0.2, 0.25) is 0 Å². The van der Waals surface area contributed by atoms with E-state index in [0.717, 1.165) is 36.3 Å². The fourth-order valence-electron chi connectivity index (χ4n) is 1.58. The maximum absolute atomic E-state index is 11.8. The number of ether oxygens (including phenoxy) is 1. The third-order valence-electron chi connectivity index (χ3n) is 2.48. The van der Waals surface area contributed by atoms with Gasteiger partial charge in [-0.3, -0.25) is 4.79 Å². The molecule has 0 aliphatic carbocycles. The summed E-state index contributed by atoms with van der Waals surface area (Å²) in [6.07, 6.45) is 3.52. The number of aryl methyl sites for hydroxylation is 1. The molecule has 2 nitrogen and oxygen atoms in total. The molecule has 2 heteroatoms. The van der Waals surface area contributed by atoms with Crippen LogP contribution in [0.1, 0.15) is 28.8 Å². The summed E-state index contributed by atoms with van der Waals surface area (Å²) in [6.45, 7) is 2.75. The summed E-state index contributed by atoms with van der Waals surface area (Å²) >= 11 is 0. The van der Waals surface area contributed by atoms with Crippen LogP contribution in [0.15, 0.2) is 36.1 Å². The molecule has 1 aliphatic rings. The van der Waals surface area contributed by atoms with E-state index in [1.807, 2.05) is 31.2 Å². The van der Waals surface area contributed by atoms with Gasteiger partial charge in [0, 0.05) is 18.1 Å². The lowest BCUT2D eigenvalue weighted by atomic mass is 10.1. The van der Waals surface area contributed by atoms with Crippen LogP contribution in [-0.2, 0) is 4.74 Å². The van der Waals surface area contributed by atoms with Crippen LogP contribution in [0.25, 0.3) is 0 Å². The second-order valence-electron chi connectivity index (χ2n) is 3.79. The number of hydrogen-bond acceptors (Lipinski definition) is 2. The maximum Gasteiger partial charge on any atom is 0.189 e. The second kappa shape index (κ2) is 4.30. The van der Waals surface area contributed by atoms with Gasteiger partial charge in [0.15, 0.2) is 5.78 Å². The van der Waals surface area contributed by atoms with Gasteiger partial charge < -0.3 is 4.74 Å². The lowest BCUT2D eigenvalue weighted by Crippen LogP contribution is -1.96. The monoisotopic (exact) mass is 202 g/mol. The quantitative estimate of drug-likeness (QED) is 0.544. The fraction of sp³-hybridized carbons (Fsp3) is 0.308. The highest BCUT2D eigenvalue weighted by molar-refractivity contribution is 6.04. The molecule has 1 aromatic rings. The van der Waals surface area contributed by atoms with Crippen LogP contribution >= 0.6 is 0 Å². The van der Waals surface area contributed by atoms with Gasteiger partial charge in [0.2, 0.25) is 0 Å². The average molecular weight is 202 g/mol. The van der Waals surface area contributed by atoms with Gasteiger partial charge in [-0.25, -0.2) is 0 Å². The molecule has 0 saturated carbocycles. The standard InChI is InChI=1S/C13H14O2/c1-10-4-6-11(7-5-10)13(14)9-12-3-2-8-15-12/h4-7,9H,2-3,8H2,1H3/b12-9+. The first-order valence-electron chi connectivity index (χ1n) is 5.20. The van der Waals surface area contributed by atoms with Crippen molar-refractivity contribution in [1.29, 1.82) is 0 Å². The van der Waals surface area contributed by atoms with Crippen LogP contribution in [0.5, 0.6) is 0 Å². The van der Waals surface area contributed by atoms with E-state index in [0.29, 0.717) is 0 Å². The number of ketones is 1. The Kier molecular flexibility index (Phi) is 2.86. The molecule has 0 N–H and O–H groups in total. The Bertz CT molecular complexity index is 380. The van der Waals surface area contributed by atoms with Gasteiger partial charge in [-0.15, -0.1) is 0 Å². The van der Waals surface area contributed by atoms with Gasteiger partial charge in [0.1, 0.15) is 0 Å². The Hall–Kier alpha value is -1.57. The van der Waals surface area contributed by atoms with Crippen LogP contribution in [0.4, 0.5) is 0 Å². The zero-order valence-corrected chi connectivity index (χ0v) is 8.82. The number of allylic oxidation sites excluding steroid dienone is 2. The van der Waals surface area contributed by atoms with Crippen LogP contribution < -0.4 is 0 Å². The van der Waals surface area contributed by atoms with E-state index in [1.165, 1.54) is 0 Å². The molecular formula is C13H14O2. The number of carbonyl (C=O) groups excluding carboxylic acids is 1. The topological polar surface area (TPSA) is 26.3 Å². The molecule has 0 radical (unpaired) electrons. The molecule has 0 unspecified atom stereocenters. The molecule has 0 spiro atoms. The fourth-order valence-corrected chi connectivity index (χ4v) is 1.58. The lowest BCUT2D eigenvalue weighted by Gasteiger charge is -1.99. The molecule has 0 aromatic heterocycles. The minimum Gasteiger partial charge on any atom is -0.498 e. The number of benzene rings is 1. The SMILES string of the molecule is Cc1ccc(C(=O)/C=C2\CCCO2)cc1. The van der Waals surface area contributed by atoms with E-state index >= 15 is 0 Å². The second-order valence-corrected chi connectivity index (χ2v) is 3.79. The summed E-state index contributed by atoms with van der Waals surface area (Å²) in [5.41, 5.74) is 1.89. The third-order valence-corrected chi connectivity index (χ3v) is 2.48. The molecule has 1 saturated heterocycles. The number of carbonyl (C=O) groups is 1. The normalized spacial score (nSPS) is 17.8. The average Bonchev–Trinajstić information content (AvgIpc) is 2.71. The molecule has 1 aliphatic heterocycles. The van der Waals surface area contributed by atoms with E-state index in [2.05, 4.69) is 0 Å². The Morgan fingerprint density at radius 1 is 1.33 bits per heavy atom. The number of rotatable bonds is 2. The first-order chi connectivity index (χ1) is 7.25. The summed E-state index contributed by atoms with van der Waals surface area (Å²) in [4.78, 5) is 11.8. The zero-order chi connectivity index (χ0) is 10.7. The molecule has 1 fully saturated rings. The van der Waals surface area contributed by atoms with Gasteiger partial charge >= 0.3 is 0 Å². The molecule has 1 heterocycles. The van der Waals surface area contributed by atoms with Crippen molar-refractivity contribution in [3.05, 3.63) is 47.2 Å². The summed E-state index contributed by atoms with van der Waals surface area (Å²) in [7, 11) is 0. The van der Waals surface area contributed by atoms with Crippen molar-refractivity contribution >= 4 is 5.78 Å². The Balaban J connectivity index is 2.14. The van der Waals surface area contributed by atoms with E-state index in [9.17, 15) is 4.79 Å². The highest BCUT2D eigenvalue weighted by Crippen LogP contribution is 2.17. The van der Waals surface area contributed by atoms with Crippen LogP contribution in [0.3, 0.4) is 0 Å². The summed E-state index contributed by atoms with van der Waals surface area (Å²) in [5.74, 6) is 0.854. The molecule has 0 atom stereocenters. The van der Waals surface area contributed by atoms with Crippen molar-refractivity contribution in [3.63, 3.8) is 0 Å². The molecule has 0 amide bonds. The maximum atomic E-state index is 11.8. The summed E-state index contributed by atoms with van der Waals surface area (Å²) in [5, 5.41) is 0. The van der Waals surface area contributed by atoms with Crippen molar-refractivity contribution in [2.24, 2.45) is 0 Å². The smallest absolute Gasteiger partial charge is 0.189 e. The van der Waals surface area contributed by atoms with Crippen molar-refractivity contribution in [1.82, 2.24) is 0 Å². The van der Waals surface area contributed by atoms with Crippen LogP contribution in [-0.4, -0.2) is 12.4 Å². The van der Waals surface area contributed by atoms with Crippen molar-refractivity contribution in [2.45, 2.75) is 19.8 Å². The van der Waals surface area contributed by atoms with Gasteiger partial charge in [0.25, 0.3) is 0 Å². The molecule has 78 valence electrons. The van der Waals surface area contributed by atoms with Crippen molar-refractivity contribution in [2.75, 3.05) is 6.61 Å². The van der Waals surface area contributed by atoms with Crippen molar-refractivity contribution in [3.8, 4) is 0 Å². The number of hydrogen-bond donors (Lipinski definition) is 0. The molecule has 15 heavy (non-hydrogen) atoms. The van der Waals surface area contributed by atoms with E-state index in [1.54, 1.807) is 6.08 Å². The van der Waals surface area contributed by atoms with E-state index in [4.69, 9.17) is 4.74 Å². The molecule has 2 rings (SSSR count). The third kappa shape index (κ3) is 2.46. The largest absolute Gasteiger partial charge is 0.498 e. The van der Waals surface area contributed by atoms with Gasteiger partial charge in [-0.1, -0.05) is 29.8 Å². The predicted molar refractivity (Wildman–Crippen MR) is 58.8 cm³/mol. The van der Waals surface area contributed by atoms with Gasteiger partial charge in [-0.2, -0.15) is 0 Å². The Morgan fingerprint density at radius 2 is 2.07 bits per heavy atom. The van der Waals surface area contributed by atoms with E-state index < -0.39 is 0 Å². The Morgan fingerprint density at radius 3 is 2.67 bits per heavy atom. The van der Waals surface area contributed by atoms with Gasteiger partial charge in [-0.05, 0) is 13.3 Å². The highest BCUT2D eigenvalue weighted by atomic mass is 16.5. The molecule has 0 bridgehead atoms. The lowest BCUT2D eigenvalue weighted by molar-refractivity contribution is 0.104. The summed E-state index contributed by atoms with van der Waals surface area (Å²) in [6, 6.07) is 7.59. The van der Waals surface area contributed by atoms with Crippen molar-refractivity contribution < 1.29 is 9.53 Å². The van der Waals surface area contributed by atoms with E-state index in [-0.39, 0.29) is 5.78 Å². The van der Waals surface area contributed by atoms with Crippen LogP contribution in [0, 0.1) is 6.92 Å². The minimum atomic E-state index is 0.0342. The first-order valence-corrected chi connectivity index (χ1v) is 5.20. The summed E-state index contributed by atoms with van der Waals surface area (Å²) < 4.78 is 5.31. The zero-order valence-electron chi connectivity index (χ0n) is 8.82. The molecular weight excluding hydrogens is 188 g/mol. The Labute approximate surface area is 89.6 Å². The minimum absolute atomic E-state index is 0.0342. The first kappa shape index (κ1) is 9.97. The molecule has 1 aromatic carbocycles. The van der Waals surface area contributed by atoms with Gasteiger partial charge in [0.05, 0.1) is 12.4 Å². The predicted octanol–water partition coefficient (Wildman–Crippen LogP) is 2.87. The highest BCUT2D eigenvalue weighted by Gasteiger charge is 2.10.